The van der Waals surface area contributed by atoms with Crippen LogP contribution in [-0.4, -0.2) is 20.5 Å². The first-order valence-corrected chi connectivity index (χ1v) is 6.20. The maximum Gasteiger partial charge on any atom is 0.262 e. The average Bonchev–Trinajstić information content (AvgIpc) is 2.02. The zero-order valence-electron chi connectivity index (χ0n) is 6.49. The van der Waals surface area contributed by atoms with Gasteiger partial charge >= 0.3 is 0 Å². The number of methoxy groups -OCH3 is 1. The Morgan fingerprint density at radius 2 is 2.23 bits per heavy atom. The van der Waals surface area contributed by atoms with Crippen molar-refractivity contribution >= 4 is 35.7 Å². The van der Waals surface area contributed by atoms with Crippen molar-refractivity contribution < 1.29 is 13.2 Å². The molecule has 0 saturated carbocycles. The lowest BCUT2D eigenvalue weighted by molar-refractivity contribution is 0.393. The van der Waals surface area contributed by atoms with Crippen LogP contribution in [0.5, 0.6) is 5.88 Å². The van der Waals surface area contributed by atoms with Crippen molar-refractivity contribution in [3.05, 3.63) is 16.7 Å². The molecule has 0 N–H and O–H groups in total. The highest BCUT2D eigenvalue weighted by atomic mass is 79.9. The molecule has 0 saturated heterocycles. The molecule has 1 aromatic heterocycles. The van der Waals surface area contributed by atoms with E-state index in [-0.39, 0.29) is 15.2 Å². The van der Waals surface area contributed by atoms with Crippen molar-refractivity contribution in [2.75, 3.05) is 7.11 Å². The van der Waals surface area contributed by atoms with Gasteiger partial charge < -0.3 is 4.74 Å². The predicted molar refractivity (Wildman–Crippen MR) is 51.5 cm³/mol. The van der Waals surface area contributed by atoms with Crippen LogP contribution < -0.4 is 4.74 Å². The number of nitrogens with zero attached hydrogens (tertiary/aromatic N) is 1. The fourth-order valence-electron chi connectivity index (χ4n) is 0.739. The second kappa shape index (κ2) is 3.81. The Balaban J connectivity index is 3.41. The Hall–Kier alpha value is -0.330. The summed E-state index contributed by atoms with van der Waals surface area (Å²) < 4.78 is 27.0. The smallest absolute Gasteiger partial charge is 0.262 e. The van der Waals surface area contributed by atoms with E-state index in [1.54, 1.807) is 0 Å². The van der Waals surface area contributed by atoms with E-state index in [4.69, 9.17) is 15.4 Å². The molecule has 0 fully saturated rings. The number of aromatic nitrogens is 1. The summed E-state index contributed by atoms with van der Waals surface area (Å²) in [4.78, 5) is 3.72. The quantitative estimate of drug-likeness (QED) is 0.778. The molecule has 1 rings (SSSR count). The van der Waals surface area contributed by atoms with Crippen LogP contribution in [-0.2, 0) is 9.05 Å². The van der Waals surface area contributed by atoms with E-state index < -0.39 is 9.05 Å². The summed E-state index contributed by atoms with van der Waals surface area (Å²) in [7, 11) is 2.78. The zero-order valence-corrected chi connectivity index (χ0v) is 9.65. The van der Waals surface area contributed by atoms with Gasteiger partial charge in [0, 0.05) is 16.9 Å². The Kier molecular flexibility index (Phi) is 3.15. The first-order chi connectivity index (χ1) is 5.96. The molecule has 0 aliphatic rings. The van der Waals surface area contributed by atoms with Gasteiger partial charge in [-0.3, -0.25) is 0 Å². The molecule has 0 aliphatic carbocycles. The van der Waals surface area contributed by atoms with Gasteiger partial charge in [0.05, 0.1) is 11.6 Å². The molecule has 4 nitrogen and oxygen atoms in total. The molecule has 1 heterocycles. The van der Waals surface area contributed by atoms with E-state index in [0.717, 1.165) is 0 Å². The minimum absolute atomic E-state index is 0.0546. The third-order valence-corrected chi connectivity index (χ3v) is 3.67. The molecule has 0 bridgehead atoms. The van der Waals surface area contributed by atoms with E-state index in [0.29, 0.717) is 0 Å². The highest BCUT2D eigenvalue weighted by Crippen LogP contribution is 2.30. The molecule has 7 heteroatoms. The molecule has 13 heavy (non-hydrogen) atoms. The van der Waals surface area contributed by atoms with Crippen LogP contribution in [0.15, 0.2) is 21.6 Å². The fourth-order valence-corrected chi connectivity index (χ4v) is 2.96. The summed E-state index contributed by atoms with van der Waals surface area (Å²) in [6.45, 7) is 0. The van der Waals surface area contributed by atoms with Crippen LogP contribution in [0.3, 0.4) is 0 Å². The van der Waals surface area contributed by atoms with Crippen LogP contribution in [0.1, 0.15) is 0 Å². The Morgan fingerprint density at radius 1 is 1.62 bits per heavy atom. The monoisotopic (exact) mass is 285 g/mol. The van der Waals surface area contributed by atoms with E-state index >= 15 is 0 Å². The van der Waals surface area contributed by atoms with Crippen molar-refractivity contribution in [2.45, 2.75) is 4.90 Å². The summed E-state index contributed by atoms with van der Waals surface area (Å²) in [6, 6.07) is 1.29. The molecular formula is C6H5BrClNO3S. The minimum atomic E-state index is -3.76. The van der Waals surface area contributed by atoms with Crippen molar-refractivity contribution in [2.24, 2.45) is 0 Å². The molecule has 0 aliphatic heterocycles. The van der Waals surface area contributed by atoms with Gasteiger partial charge in [0.2, 0.25) is 5.88 Å². The van der Waals surface area contributed by atoms with Crippen LogP contribution >= 0.6 is 26.6 Å². The second-order valence-corrected chi connectivity index (χ2v) is 5.40. The Morgan fingerprint density at radius 3 is 2.69 bits per heavy atom. The summed E-state index contributed by atoms with van der Waals surface area (Å²) in [5.74, 6) is 0.182. The van der Waals surface area contributed by atoms with Crippen molar-refractivity contribution in [1.82, 2.24) is 4.98 Å². The molecule has 0 aromatic carbocycles. The van der Waals surface area contributed by atoms with Crippen LogP contribution in [0.2, 0.25) is 0 Å². The molecule has 1 aromatic rings. The number of halogens is 2. The first-order valence-electron chi connectivity index (χ1n) is 3.10. The lowest BCUT2D eigenvalue weighted by Gasteiger charge is -2.03. The van der Waals surface area contributed by atoms with Gasteiger partial charge in [0.25, 0.3) is 9.05 Å². The highest BCUT2D eigenvalue weighted by molar-refractivity contribution is 9.10. The average molecular weight is 287 g/mol. The van der Waals surface area contributed by atoms with Crippen molar-refractivity contribution in [3.8, 4) is 5.88 Å². The maximum absolute atomic E-state index is 11.0. The Bertz CT molecular complexity index is 420. The van der Waals surface area contributed by atoms with Gasteiger partial charge in [-0.1, -0.05) is 0 Å². The molecule has 0 amide bonds. The second-order valence-electron chi connectivity index (χ2n) is 2.07. The normalized spacial score (nSPS) is 11.3. The number of rotatable bonds is 2. The predicted octanol–water partition coefficient (Wildman–Crippen LogP) is 1.78. The molecule has 72 valence electrons. The summed E-state index contributed by atoms with van der Waals surface area (Å²) in [6.07, 6.45) is 1.30. The summed E-state index contributed by atoms with van der Waals surface area (Å²) in [5, 5.41) is 0. The van der Waals surface area contributed by atoms with Gasteiger partial charge in [0.15, 0.2) is 0 Å². The van der Waals surface area contributed by atoms with E-state index in [9.17, 15) is 8.42 Å². The molecule has 0 spiro atoms. The Labute approximate surface area is 88.4 Å². The van der Waals surface area contributed by atoms with Gasteiger partial charge in [0.1, 0.15) is 4.90 Å². The standard InChI is InChI=1S/C6H5BrClNO3S/c1-12-6-5(7)4(2-3-9-6)13(8,10)11/h2-3H,1H3. The van der Waals surface area contributed by atoms with Gasteiger partial charge in [-0.15, -0.1) is 0 Å². The van der Waals surface area contributed by atoms with Crippen molar-refractivity contribution in [1.29, 1.82) is 0 Å². The van der Waals surface area contributed by atoms with Gasteiger partial charge in [-0.2, -0.15) is 0 Å². The molecular weight excluding hydrogens is 281 g/mol. The fraction of sp³-hybridized carbons (Fsp3) is 0.167. The van der Waals surface area contributed by atoms with E-state index in [1.165, 1.54) is 19.4 Å². The zero-order chi connectivity index (χ0) is 10.1. The topological polar surface area (TPSA) is 56.3 Å². The lowest BCUT2D eigenvalue weighted by atomic mass is 10.5. The van der Waals surface area contributed by atoms with E-state index in [2.05, 4.69) is 20.9 Å². The lowest BCUT2D eigenvalue weighted by Crippen LogP contribution is -1.96. The van der Waals surface area contributed by atoms with Gasteiger partial charge in [-0.25, -0.2) is 13.4 Å². The highest BCUT2D eigenvalue weighted by Gasteiger charge is 2.17. The van der Waals surface area contributed by atoms with Gasteiger partial charge in [-0.05, 0) is 22.0 Å². The maximum atomic E-state index is 11.0. The van der Waals surface area contributed by atoms with Crippen LogP contribution in [0.4, 0.5) is 0 Å². The number of pyridine rings is 1. The van der Waals surface area contributed by atoms with Crippen LogP contribution in [0, 0.1) is 0 Å². The number of hydrogen-bond donors (Lipinski definition) is 0. The first kappa shape index (κ1) is 10.7. The third kappa shape index (κ3) is 2.32. The number of ether oxygens (including phenoxy) is 1. The van der Waals surface area contributed by atoms with Crippen molar-refractivity contribution in [3.63, 3.8) is 0 Å². The molecule has 0 radical (unpaired) electrons. The minimum Gasteiger partial charge on any atom is -0.480 e. The number of hydrogen-bond acceptors (Lipinski definition) is 4. The largest absolute Gasteiger partial charge is 0.480 e. The third-order valence-electron chi connectivity index (χ3n) is 1.28. The summed E-state index contributed by atoms with van der Waals surface area (Å²) >= 11 is 3.03. The van der Waals surface area contributed by atoms with E-state index in [1.807, 2.05) is 0 Å². The molecule has 0 unspecified atom stereocenters. The van der Waals surface area contributed by atoms with Crippen LogP contribution in [0.25, 0.3) is 0 Å². The SMILES string of the molecule is COc1nccc(S(=O)(=O)Cl)c1Br. The summed E-state index contributed by atoms with van der Waals surface area (Å²) in [5.41, 5.74) is 0. The molecule has 0 atom stereocenters.